The fraction of sp³-hybridized carbons (Fsp3) is 0.240. The van der Waals surface area contributed by atoms with Crippen LogP contribution in [0.2, 0.25) is 0 Å². The summed E-state index contributed by atoms with van der Waals surface area (Å²) < 4.78 is 12.9. The molecule has 1 saturated heterocycles. The number of benzene rings is 1. The summed E-state index contributed by atoms with van der Waals surface area (Å²) in [7, 11) is 1.62. The van der Waals surface area contributed by atoms with Gasteiger partial charge in [0.25, 0.3) is 5.91 Å². The van der Waals surface area contributed by atoms with Gasteiger partial charge in [0.1, 0.15) is 5.56 Å². The molecule has 10 heteroatoms. The van der Waals surface area contributed by atoms with Crippen LogP contribution in [-0.4, -0.2) is 56.3 Å². The maximum atomic E-state index is 12.6. The molecule has 3 aromatic heterocycles. The summed E-state index contributed by atoms with van der Waals surface area (Å²) in [6.45, 7) is 1.64. The fourth-order valence-electron chi connectivity index (χ4n) is 3.74. The number of rotatable bonds is 7. The van der Waals surface area contributed by atoms with Gasteiger partial charge in [-0.1, -0.05) is 18.2 Å². The first kappa shape index (κ1) is 22.3. The highest BCUT2D eigenvalue weighted by molar-refractivity contribution is 5.97. The molecule has 0 spiro atoms. The van der Waals surface area contributed by atoms with Crippen LogP contribution >= 0.6 is 0 Å². The van der Waals surface area contributed by atoms with Crippen molar-refractivity contribution in [2.45, 2.75) is 12.8 Å². The van der Waals surface area contributed by atoms with Crippen LogP contribution in [-0.2, 0) is 13.5 Å². The van der Waals surface area contributed by atoms with Gasteiger partial charge in [0.2, 0.25) is 11.8 Å². The summed E-state index contributed by atoms with van der Waals surface area (Å²) in [6.07, 6.45) is 5.51. The molecule has 35 heavy (non-hydrogen) atoms. The van der Waals surface area contributed by atoms with Crippen molar-refractivity contribution in [3.63, 3.8) is 0 Å². The van der Waals surface area contributed by atoms with E-state index in [1.165, 1.54) is 10.9 Å². The third-order valence-electron chi connectivity index (χ3n) is 5.72. The van der Waals surface area contributed by atoms with Crippen molar-refractivity contribution in [3.05, 3.63) is 72.3 Å². The van der Waals surface area contributed by atoms with Crippen molar-refractivity contribution in [1.82, 2.24) is 30.0 Å². The minimum atomic E-state index is -0.680. The molecule has 178 valence electrons. The van der Waals surface area contributed by atoms with Crippen molar-refractivity contribution >= 4 is 12.0 Å². The summed E-state index contributed by atoms with van der Waals surface area (Å²) in [6, 6.07) is 13.3. The number of aromatic nitrogens is 4. The molecule has 4 aromatic rings. The third kappa shape index (κ3) is 4.77. The molecular formula is C25H24N6O4. The molecule has 1 aliphatic heterocycles. The zero-order valence-corrected chi connectivity index (χ0v) is 19.2. The molecule has 1 N–H and O–H groups in total. The lowest BCUT2D eigenvalue weighted by atomic mass is 10.1. The SMILES string of the molecule is Cn1ncc(C(=O)N2CCC2)c1OC(=O)NCCc1nc(-c2ccccc2)oc1-c1cccnc1. The number of nitrogens with zero attached hydrogens (tertiary/aromatic N) is 5. The van der Waals surface area contributed by atoms with E-state index in [2.05, 4.69) is 20.4 Å². The highest BCUT2D eigenvalue weighted by Crippen LogP contribution is 2.29. The smallest absolute Gasteiger partial charge is 0.413 e. The van der Waals surface area contributed by atoms with Gasteiger partial charge in [0, 0.05) is 56.6 Å². The van der Waals surface area contributed by atoms with E-state index < -0.39 is 6.09 Å². The van der Waals surface area contributed by atoms with Gasteiger partial charge in [0.05, 0.1) is 11.9 Å². The number of aryl methyl sites for hydroxylation is 1. The zero-order valence-electron chi connectivity index (χ0n) is 19.2. The summed E-state index contributed by atoms with van der Waals surface area (Å²) in [4.78, 5) is 35.6. The molecule has 2 amide bonds. The molecule has 0 radical (unpaired) electrons. The van der Waals surface area contributed by atoms with Gasteiger partial charge < -0.3 is 19.4 Å². The zero-order chi connectivity index (χ0) is 24.2. The minimum absolute atomic E-state index is 0.114. The summed E-state index contributed by atoms with van der Waals surface area (Å²) in [5.41, 5.74) is 2.60. The van der Waals surface area contributed by atoms with Gasteiger partial charge in [-0.3, -0.25) is 9.78 Å². The predicted octanol–water partition coefficient (Wildman–Crippen LogP) is 3.31. The number of hydrogen-bond donors (Lipinski definition) is 1. The van der Waals surface area contributed by atoms with Gasteiger partial charge in [-0.15, -0.1) is 0 Å². The Morgan fingerprint density at radius 1 is 1.09 bits per heavy atom. The Kier molecular flexibility index (Phi) is 6.25. The highest BCUT2D eigenvalue weighted by Gasteiger charge is 2.28. The number of hydrogen-bond acceptors (Lipinski definition) is 7. The molecule has 0 atom stereocenters. The normalized spacial score (nSPS) is 12.8. The van der Waals surface area contributed by atoms with E-state index in [0.29, 0.717) is 36.9 Å². The van der Waals surface area contributed by atoms with Crippen molar-refractivity contribution in [3.8, 4) is 28.7 Å². The Labute approximate surface area is 201 Å². The maximum Gasteiger partial charge on any atom is 0.413 e. The number of nitrogens with one attached hydrogen (secondary N) is 1. The van der Waals surface area contributed by atoms with Crippen LogP contribution in [0.15, 0.2) is 65.5 Å². The first-order chi connectivity index (χ1) is 17.1. The molecule has 0 bridgehead atoms. The van der Waals surface area contributed by atoms with Crippen LogP contribution in [0.4, 0.5) is 4.79 Å². The molecular weight excluding hydrogens is 448 g/mol. The third-order valence-corrected chi connectivity index (χ3v) is 5.72. The van der Waals surface area contributed by atoms with Crippen LogP contribution in [0.1, 0.15) is 22.5 Å². The molecule has 0 aliphatic carbocycles. The lowest BCUT2D eigenvalue weighted by Gasteiger charge is -2.30. The van der Waals surface area contributed by atoms with E-state index >= 15 is 0 Å². The van der Waals surface area contributed by atoms with E-state index in [1.54, 1.807) is 24.3 Å². The standard InChI is InChI=1S/C25H24N6O4/c1-30-24(19(16-28-30)23(32)31-13-6-14-31)35-25(33)27-12-10-20-21(18-9-5-11-26-15-18)34-22(29-20)17-7-3-2-4-8-17/h2-5,7-9,11,15-16H,6,10,12-14H2,1H3,(H,27,33). The molecule has 4 heterocycles. The first-order valence-electron chi connectivity index (χ1n) is 11.3. The Hall–Kier alpha value is -4.47. The van der Waals surface area contributed by atoms with Gasteiger partial charge in [-0.05, 0) is 30.7 Å². The molecule has 1 aromatic carbocycles. The number of ether oxygens (including phenoxy) is 1. The van der Waals surface area contributed by atoms with Crippen molar-refractivity contribution < 1.29 is 18.7 Å². The minimum Gasteiger partial charge on any atom is -0.436 e. The first-order valence-corrected chi connectivity index (χ1v) is 11.3. The van der Waals surface area contributed by atoms with E-state index in [9.17, 15) is 9.59 Å². The van der Waals surface area contributed by atoms with Gasteiger partial charge in [-0.2, -0.15) is 5.10 Å². The molecule has 0 saturated carbocycles. The summed E-state index contributed by atoms with van der Waals surface area (Å²) in [5.74, 6) is 1.01. The Morgan fingerprint density at radius 3 is 2.60 bits per heavy atom. The van der Waals surface area contributed by atoms with E-state index in [1.807, 2.05) is 42.5 Å². The number of amides is 2. The average Bonchev–Trinajstić information content (AvgIpc) is 3.43. The maximum absolute atomic E-state index is 12.6. The van der Waals surface area contributed by atoms with E-state index in [4.69, 9.17) is 9.15 Å². The van der Waals surface area contributed by atoms with Crippen LogP contribution in [0.25, 0.3) is 22.8 Å². The van der Waals surface area contributed by atoms with Crippen molar-refractivity contribution in [2.75, 3.05) is 19.6 Å². The van der Waals surface area contributed by atoms with Crippen molar-refractivity contribution in [2.24, 2.45) is 7.05 Å². The Bertz CT molecular complexity index is 1330. The van der Waals surface area contributed by atoms with Crippen LogP contribution in [0.3, 0.4) is 0 Å². The second kappa shape index (κ2) is 9.80. The number of pyridine rings is 1. The highest BCUT2D eigenvalue weighted by atomic mass is 16.6. The molecule has 10 nitrogen and oxygen atoms in total. The summed E-state index contributed by atoms with van der Waals surface area (Å²) >= 11 is 0. The van der Waals surface area contributed by atoms with Gasteiger partial charge in [0.15, 0.2) is 5.76 Å². The van der Waals surface area contributed by atoms with Crippen LogP contribution in [0.5, 0.6) is 5.88 Å². The quantitative estimate of drug-likeness (QED) is 0.439. The van der Waals surface area contributed by atoms with Gasteiger partial charge in [-0.25, -0.2) is 14.5 Å². The predicted molar refractivity (Wildman–Crippen MR) is 127 cm³/mol. The fourth-order valence-corrected chi connectivity index (χ4v) is 3.74. The van der Waals surface area contributed by atoms with Crippen LogP contribution in [0, 0.1) is 0 Å². The number of oxazole rings is 1. The van der Waals surface area contributed by atoms with E-state index in [-0.39, 0.29) is 23.9 Å². The monoisotopic (exact) mass is 472 g/mol. The lowest BCUT2D eigenvalue weighted by Crippen LogP contribution is -2.42. The van der Waals surface area contributed by atoms with E-state index in [0.717, 1.165) is 17.5 Å². The second-order valence-electron chi connectivity index (χ2n) is 8.10. The lowest BCUT2D eigenvalue weighted by molar-refractivity contribution is 0.0648. The molecule has 5 rings (SSSR count). The van der Waals surface area contributed by atoms with Gasteiger partial charge >= 0.3 is 6.09 Å². The Balaban J connectivity index is 1.27. The van der Waals surface area contributed by atoms with Crippen molar-refractivity contribution in [1.29, 1.82) is 0 Å². The Morgan fingerprint density at radius 2 is 1.89 bits per heavy atom. The number of likely N-dealkylation sites (tertiary alicyclic amines) is 1. The largest absolute Gasteiger partial charge is 0.436 e. The molecule has 1 fully saturated rings. The summed E-state index contributed by atoms with van der Waals surface area (Å²) in [5, 5.41) is 6.80. The molecule has 0 unspecified atom stereocenters. The topological polar surface area (TPSA) is 115 Å². The van der Waals surface area contributed by atoms with Crippen LogP contribution < -0.4 is 10.1 Å². The number of carbonyl (C=O) groups excluding carboxylic acids is 2. The second-order valence-corrected chi connectivity index (χ2v) is 8.10. The average molecular weight is 473 g/mol. The molecule has 1 aliphatic rings. The number of carbonyl (C=O) groups is 2.